The van der Waals surface area contributed by atoms with Gasteiger partial charge in [-0.25, -0.2) is 8.78 Å². The van der Waals surface area contributed by atoms with Crippen LogP contribution in [-0.2, 0) is 14.3 Å². The van der Waals surface area contributed by atoms with Gasteiger partial charge in [0.1, 0.15) is 12.1 Å². The van der Waals surface area contributed by atoms with E-state index in [9.17, 15) is 18.4 Å². The smallest absolute Gasteiger partial charge is 0.251 e. The van der Waals surface area contributed by atoms with Gasteiger partial charge in [-0.3, -0.25) is 14.5 Å². The maximum Gasteiger partial charge on any atom is 0.251 e. The van der Waals surface area contributed by atoms with Crippen molar-refractivity contribution in [2.45, 2.75) is 24.9 Å². The molecule has 0 aromatic rings. The van der Waals surface area contributed by atoms with Crippen LogP contribution in [0, 0.1) is 0 Å². The zero-order chi connectivity index (χ0) is 14.7. The lowest BCUT2D eigenvalue weighted by atomic mass is 10.1. The highest BCUT2D eigenvalue weighted by molar-refractivity contribution is 5.90. The molecule has 2 fully saturated rings. The van der Waals surface area contributed by atoms with Gasteiger partial charge < -0.3 is 15.0 Å². The number of rotatable bonds is 4. The van der Waals surface area contributed by atoms with E-state index in [1.807, 2.05) is 0 Å². The number of nitrogens with zero attached hydrogens (tertiary/aromatic N) is 2. The first-order valence-corrected chi connectivity index (χ1v) is 6.65. The van der Waals surface area contributed by atoms with Gasteiger partial charge in [-0.05, 0) is 6.42 Å². The SMILES string of the molecule is CN(C(=O)C1COCCN1CC(F)F)C1CCNC1=O. The average Bonchev–Trinajstić information content (AvgIpc) is 2.83. The molecule has 2 aliphatic rings. The molecule has 2 saturated heterocycles. The molecule has 1 N–H and O–H groups in total. The molecule has 0 aromatic heterocycles. The van der Waals surface area contributed by atoms with Gasteiger partial charge in [-0.1, -0.05) is 0 Å². The predicted octanol–water partition coefficient (Wildman–Crippen LogP) is -0.701. The molecule has 2 unspecified atom stereocenters. The first kappa shape index (κ1) is 15.1. The Morgan fingerprint density at radius 1 is 1.60 bits per heavy atom. The predicted molar refractivity (Wildman–Crippen MR) is 66.4 cm³/mol. The minimum atomic E-state index is -2.50. The molecule has 6 nitrogen and oxygen atoms in total. The Bertz CT molecular complexity index is 381. The van der Waals surface area contributed by atoms with Crippen molar-refractivity contribution in [2.75, 3.05) is 39.9 Å². The van der Waals surface area contributed by atoms with E-state index in [1.165, 1.54) is 16.8 Å². The van der Waals surface area contributed by atoms with Crippen LogP contribution in [0.5, 0.6) is 0 Å². The summed E-state index contributed by atoms with van der Waals surface area (Å²) in [7, 11) is 1.53. The zero-order valence-corrected chi connectivity index (χ0v) is 11.3. The van der Waals surface area contributed by atoms with Crippen LogP contribution in [0.4, 0.5) is 8.78 Å². The minimum Gasteiger partial charge on any atom is -0.378 e. The molecule has 0 radical (unpaired) electrons. The van der Waals surface area contributed by atoms with Crippen LogP contribution >= 0.6 is 0 Å². The Kier molecular flexibility index (Phi) is 4.87. The van der Waals surface area contributed by atoms with Gasteiger partial charge in [0, 0.05) is 20.1 Å². The summed E-state index contributed by atoms with van der Waals surface area (Å²) in [5.74, 6) is -0.537. The van der Waals surface area contributed by atoms with Gasteiger partial charge in [-0.2, -0.15) is 0 Å². The second-order valence-electron chi connectivity index (χ2n) is 5.02. The van der Waals surface area contributed by atoms with E-state index in [1.54, 1.807) is 0 Å². The van der Waals surface area contributed by atoms with Gasteiger partial charge in [0.2, 0.25) is 11.8 Å². The van der Waals surface area contributed by atoms with Crippen LogP contribution in [0.1, 0.15) is 6.42 Å². The van der Waals surface area contributed by atoms with E-state index < -0.39 is 25.1 Å². The number of amides is 2. The highest BCUT2D eigenvalue weighted by atomic mass is 19.3. The van der Waals surface area contributed by atoms with E-state index in [2.05, 4.69) is 5.32 Å². The summed E-state index contributed by atoms with van der Waals surface area (Å²) in [5, 5.41) is 2.65. The van der Waals surface area contributed by atoms with Gasteiger partial charge in [0.25, 0.3) is 6.43 Å². The largest absolute Gasteiger partial charge is 0.378 e. The van der Waals surface area contributed by atoms with Gasteiger partial charge >= 0.3 is 0 Å². The fourth-order valence-electron chi connectivity index (χ4n) is 2.60. The molecule has 8 heteroatoms. The van der Waals surface area contributed by atoms with Crippen LogP contribution in [0.25, 0.3) is 0 Å². The van der Waals surface area contributed by atoms with Crippen LogP contribution in [-0.4, -0.2) is 80.0 Å². The summed E-state index contributed by atoms with van der Waals surface area (Å²) in [5.41, 5.74) is 0. The molecule has 2 amide bonds. The maximum atomic E-state index is 12.5. The molecule has 2 rings (SSSR count). The standard InChI is InChI=1S/C12H19F2N3O3/c1-16(8-2-3-15-11(8)18)12(19)9-7-20-5-4-17(9)6-10(13)14/h8-10H,2-7H2,1H3,(H,15,18). The molecule has 0 saturated carbocycles. The Balaban J connectivity index is 2.03. The van der Waals surface area contributed by atoms with Crippen LogP contribution < -0.4 is 5.32 Å². The molecule has 0 aromatic carbocycles. The number of ether oxygens (including phenoxy) is 1. The first-order valence-electron chi connectivity index (χ1n) is 6.65. The van der Waals surface area contributed by atoms with Crippen molar-refractivity contribution < 1.29 is 23.1 Å². The monoisotopic (exact) mass is 291 g/mol. The Morgan fingerprint density at radius 3 is 2.95 bits per heavy atom. The van der Waals surface area contributed by atoms with Crippen molar-refractivity contribution in [3.05, 3.63) is 0 Å². The van der Waals surface area contributed by atoms with E-state index in [0.717, 1.165) is 0 Å². The number of hydrogen-bond donors (Lipinski definition) is 1. The first-order chi connectivity index (χ1) is 9.50. The highest BCUT2D eigenvalue weighted by Gasteiger charge is 2.38. The fraction of sp³-hybridized carbons (Fsp3) is 0.833. The molecular weight excluding hydrogens is 272 g/mol. The lowest BCUT2D eigenvalue weighted by Gasteiger charge is -2.37. The van der Waals surface area contributed by atoms with Crippen molar-refractivity contribution in [1.29, 1.82) is 0 Å². The number of likely N-dealkylation sites (N-methyl/N-ethyl adjacent to an activating group) is 1. The lowest BCUT2D eigenvalue weighted by molar-refractivity contribution is -0.148. The van der Waals surface area contributed by atoms with Crippen LogP contribution in [0.2, 0.25) is 0 Å². The summed E-state index contributed by atoms with van der Waals surface area (Å²) in [4.78, 5) is 26.8. The Labute approximate surface area is 116 Å². The number of halogens is 2. The second kappa shape index (κ2) is 6.45. The quantitative estimate of drug-likeness (QED) is 0.744. The van der Waals surface area contributed by atoms with Gasteiger partial charge in [0.05, 0.1) is 19.8 Å². The topological polar surface area (TPSA) is 61.9 Å². The number of carbonyl (C=O) groups excluding carboxylic acids is 2. The normalized spacial score (nSPS) is 27.7. The number of carbonyl (C=O) groups is 2. The summed E-state index contributed by atoms with van der Waals surface area (Å²) >= 11 is 0. The number of alkyl halides is 2. The number of nitrogens with one attached hydrogen (secondary N) is 1. The molecular formula is C12H19F2N3O3. The third-order valence-electron chi connectivity index (χ3n) is 3.73. The van der Waals surface area contributed by atoms with Crippen molar-refractivity contribution in [3.8, 4) is 0 Å². The zero-order valence-electron chi connectivity index (χ0n) is 11.3. The van der Waals surface area contributed by atoms with E-state index in [-0.39, 0.29) is 18.4 Å². The van der Waals surface area contributed by atoms with Gasteiger partial charge in [-0.15, -0.1) is 0 Å². The highest BCUT2D eigenvalue weighted by Crippen LogP contribution is 2.15. The third-order valence-corrected chi connectivity index (χ3v) is 3.73. The van der Waals surface area contributed by atoms with Crippen molar-refractivity contribution >= 4 is 11.8 Å². The average molecular weight is 291 g/mol. The summed E-state index contributed by atoms with van der Waals surface area (Å²) in [6, 6.07) is -1.26. The molecule has 0 spiro atoms. The van der Waals surface area contributed by atoms with E-state index in [0.29, 0.717) is 26.1 Å². The van der Waals surface area contributed by atoms with E-state index in [4.69, 9.17) is 4.74 Å². The van der Waals surface area contributed by atoms with Crippen molar-refractivity contribution in [3.63, 3.8) is 0 Å². The van der Waals surface area contributed by atoms with Crippen LogP contribution in [0.3, 0.4) is 0 Å². The molecule has 0 bridgehead atoms. The van der Waals surface area contributed by atoms with Gasteiger partial charge in [0.15, 0.2) is 0 Å². The number of hydrogen-bond acceptors (Lipinski definition) is 4. The van der Waals surface area contributed by atoms with Crippen molar-refractivity contribution in [2.24, 2.45) is 0 Å². The molecule has 2 aliphatic heterocycles. The Morgan fingerprint density at radius 2 is 2.35 bits per heavy atom. The maximum absolute atomic E-state index is 12.5. The molecule has 2 atom stereocenters. The second-order valence-corrected chi connectivity index (χ2v) is 5.02. The molecule has 20 heavy (non-hydrogen) atoms. The molecule has 2 heterocycles. The van der Waals surface area contributed by atoms with Crippen LogP contribution in [0.15, 0.2) is 0 Å². The summed E-state index contributed by atoms with van der Waals surface area (Å²) in [6.07, 6.45) is -1.95. The third kappa shape index (κ3) is 3.24. The fourth-order valence-corrected chi connectivity index (χ4v) is 2.60. The summed E-state index contributed by atoms with van der Waals surface area (Å²) in [6.45, 7) is 0.799. The summed E-state index contributed by atoms with van der Waals surface area (Å²) < 4.78 is 30.3. The Hall–Kier alpha value is -1.28. The lowest BCUT2D eigenvalue weighted by Crippen LogP contribution is -2.57. The van der Waals surface area contributed by atoms with E-state index >= 15 is 0 Å². The molecule has 0 aliphatic carbocycles. The van der Waals surface area contributed by atoms with Crippen molar-refractivity contribution in [1.82, 2.24) is 15.1 Å². The number of morpholine rings is 1. The molecule has 114 valence electrons. The minimum absolute atomic E-state index is 0.0875.